The molecule has 0 radical (unpaired) electrons. The molecular formula is C14H16FN3O. The topological polar surface area (TPSA) is 38.1 Å². The molecule has 1 aromatic heterocycles. The summed E-state index contributed by atoms with van der Waals surface area (Å²) in [6.07, 6.45) is 0. The number of aromatic nitrogens is 2. The number of rotatable bonds is 3. The van der Waals surface area contributed by atoms with E-state index in [1.807, 2.05) is 6.92 Å². The van der Waals surface area contributed by atoms with Gasteiger partial charge < -0.3 is 4.90 Å². The molecule has 19 heavy (non-hydrogen) atoms. The largest absolute Gasteiger partial charge is 0.336 e. The normalized spacial score (nSPS) is 10.5. The molecule has 0 aliphatic rings. The van der Waals surface area contributed by atoms with Crippen molar-refractivity contribution in [3.8, 4) is 0 Å². The highest BCUT2D eigenvalue weighted by molar-refractivity contribution is 5.92. The predicted molar refractivity (Wildman–Crippen MR) is 70.1 cm³/mol. The molecule has 0 unspecified atom stereocenters. The molecule has 2 aromatic rings. The SMILES string of the molecule is Cc1cc(C(=O)N(C)Cc2cccc(F)c2)nn1C. The fourth-order valence-electron chi connectivity index (χ4n) is 1.84. The van der Waals surface area contributed by atoms with Crippen LogP contribution in [-0.2, 0) is 13.6 Å². The Morgan fingerprint density at radius 3 is 2.74 bits per heavy atom. The van der Waals surface area contributed by atoms with Crippen molar-refractivity contribution in [1.29, 1.82) is 0 Å². The van der Waals surface area contributed by atoms with Crippen LogP contribution in [0.15, 0.2) is 30.3 Å². The van der Waals surface area contributed by atoms with Gasteiger partial charge in [0, 0.05) is 26.3 Å². The molecule has 2 rings (SSSR count). The Labute approximate surface area is 111 Å². The summed E-state index contributed by atoms with van der Waals surface area (Å²) in [7, 11) is 3.47. The van der Waals surface area contributed by atoms with Gasteiger partial charge >= 0.3 is 0 Å². The van der Waals surface area contributed by atoms with Crippen LogP contribution >= 0.6 is 0 Å². The minimum atomic E-state index is -0.299. The Bertz CT molecular complexity index is 587. The molecule has 0 bridgehead atoms. The van der Waals surface area contributed by atoms with Gasteiger partial charge in [0.15, 0.2) is 5.69 Å². The van der Waals surface area contributed by atoms with Crippen molar-refractivity contribution in [3.05, 3.63) is 53.1 Å². The molecule has 1 heterocycles. The summed E-state index contributed by atoms with van der Waals surface area (Å²) in [5.74, 6) is -0.472. The van der Waals surface area contributed by atoms with Gasteiger partial charge in [-0.05, 0) is 30.7 Å². The quantitative estimate of drug-likeness (QED) is 0.849. The molecular weight excluding hydrogens is 245 g/mol. The maximum Gasteiger partial charge on any atom is 0.274 e. The molecule has 1 amide bonds. The first kappa shape index (κ1) is 13.3. The molecule has 0 atom stereocenters. The van der Waals surface area contributed by atoms with Crippen molar-refractivity contribution in [2.24, 2.45) is 7.05 Å². The minimum absolute atomic E-state index is 0.173. The molecule has 0 aliphatic carbocycles. The first-order valence-electron chi connectivity index (χ1n) is 5.98. The Kier molecular flexibility index (Phi) is 3.64. The van der Waals surface area contributed by atoms with Crippen LogP contribution in [0.3, 0.4) is 0 Å². The van der Waals surface area contributed by atoms with Crippen LogP contribution in [0.5, 0.6) is 0 Å². The van der Waals surface area contributed by atoms with Crippen LogP contribution in [0.4, 0.5) is 4.39 Å². The molecule has 100 valence electrons. The third-order valence-corrected chi connectivity index (χ3v) is 2.99. The number of benzene rings is 1. The number of carbonyl (C=O) groups is 1. The molecule has 0 saturated heterocycles. The monoisotopic (exact) mass is 261 g/mol. The summed E-state index contributed by atoms with van der Waals surface area (Å²) in [4.78, 5) is 13.7. The standard InChI is InChI=1S/C14H16FN3O/c1-10-7-13(16-18(10)3)14(19)17(2)9-11-5-4-6-12(15)8-11/h4-8H,9H2,1-3H3. The third kappa shape index (κ3) is 2.99. The van der Waals surface area contributed by atoms with Crippen LogP contribution < -0.4 is 0 Å². The predicted octanol–water partition coefficient (Wildman–Crippen LogP) is 2.14. The molecule has 1 aromatic carbocycles. The van der Waals surface area contributed by atoms with Crippen LogP contribution in [0, 0.1) is 12.7 Å². The second-order valence-electron chi connectivity index (χ2n) is 4.59. The number of amides is 1. The number of nitrogens with zero attached hydrogens (tertiary/aromatic N) is 3. The highest BCUT2D eigenvalue weighted by atomic mass is 19.1. The molecule has 0 spiro atoms. The number of carbonyl (C=O) groups excluding carboxylic acids is 1. The van der Waals surface area contributed by atoms with E-state index in [4.69, 9.17) is 0 Å². The zero-order chi connectivity index (χ0) is 14.0. The van der Waals surface area contributed by atoms with Gasteiger partial charge in [-0.25, -0.2) is 4.39 Å². The number of hydrogen-bond acceptors (Lipinski definition) is 2. The van der Waals surface area contributed by atoms with Crippen molar-refractivity contribution < 1.29 is 9.18 Å². The van der Waals surface area contributed by atoms with Gasteiger partial charge in [-0.1, -0.05) is 12.1 Å². The molecule has 5 heteroatoms. The lowest BCUT2D eigenvalue weighted by molar-refractivity contribution is 0.0778. The van der Waals surface area contributed by atoms with Crippen LogP contribution in [0.1, 0.15) is 21.7 Å². The van der Waals surface area contributed by atoms with E-state index >= 15 is 0 Å². The van der Waals surface area contributed by atoms with E-state index in [1.54, 1.807) is 37.0 Å². The van der Waals surface area contributed by atoms with E-state index in [1.165, 1.54) is 17.0 Å². The first-order valence-corrected chi connectivity index (χ1v) is 5.98. The molecule has 0 N–H and O–H groups in total. The summed E-state index contributed by atoms with van der Waals surface area (Å²) in [6.45, 7) is 2.24. The molecule has 0 fully saturated rings. The molecule has 0 aliphatic heterocycles. The van der Waals surface area contributed by atoms with Crippen LogP contribution in [0.2, 0.25) is 0 Å². The summed E-state index contributed by atoms with van der Waals surface area (Å²) in [5, 5.41) is 4.14. The van der Waals surface area contributed by atoms with Crippen molar-refractivity contribution in [3.63, 3.8) is 0 Å². The van der Waals surface area contributed by atoms with E-state index in [9.17, 15) is 9.18 Å². The van der Waals surface area contributed by atoms with Gasteiger partial charge in [0.1, 0.15) is 5.82 Å². The Morgan fingerprint density at radius 1 is 1.42 bits per heavy atom. The van der Waals surface area contributed by atoms with E-state index in [2.05, 4.69) is 5.10 Å². The molecule has 0 saturated carbocycles. The molecule has 4 nitrogen and oxygen atoms in total. The van der Waals surface area contributed by atoms with E-state index < -0.39 is 0 Å². The number of halogens is 1. The fraction of sp³-hybridized carbons (Fsp3) is 0.286. The maximum atomic E-state index is 13.1. The average molecular weight is 261 g/mol. The van der Waals surface area contributed by atoms with Crippen molar-refractivity contribution in [2.75, 3.05) is 7.05 Å². The van der Waals surface area contributed by atoms with E-state index in [-0.39, 0.29) is 11.7 Å². The van der Waals surface area contributed by atoms with E-state index in [0.717, 1.165) is 11.3 Å². The maximum absolute atomic E-state index is 13.1. The Morgan fingerprint density at radius 2 is 2.16 bits per heavy atom. The van der Waals surface area contributed by atoms with Gasteiger partial charge in [-0.2, -0.15) is 5.10 Å². The van der Waals surface area contributed by atoms with Gasteiger partial charge in [-0.3, -0.25) is 9.48 Å². The third-order valence-electron chi connectivity index (χ3n) is 2.99. The summed E-state index contributed by atoms with van der Waals surface area (Å²) in [5.41, 5.74) is 2.07. The number of aryl methyl sites for hydroxylation is 2. The fourth-order valence-corrected chi connectivity index (χ4v) is 1.84. The van der Waals surface area contributed by atoms with Crippen molar-refractivity contribution in [2.45, 2.75) is 13.5 Å². The average Bonchev–Trinajstić information content (AvgIpc) is 2.68. The van der Waals surface area contributed by atoms with Gasteiger partial charge in [-0.15, -0.1) is 0 Å². The summed E-state index contributed by atoms with van der Waals surface area (Å²) >= 11 is 0. The van der Waals surface area contributed by atoms with Gasteiger partial charge in [0.25, 0.3) is 5.91 Å². The van der Waals surface area contributed by atoms with Crippen LogP contribution in [-0.4, -0.2) is 27.6 Å². The second-order valence-corrected chi connectivity index (χ2v) is 4.59. The number of hydrogen-bond donors (Lipinski definition) is 0. The summed E-state index contributed by atoms with van der Waals surface area (Å²) < 4.78 is 14.7. The Hall–Kier alpha value is -2.17. The first-order chi connectivity index (χ1) is 8.97. The highest BCUT2D eigenvalue weighted by Gasteiger charge is 2.16. The Balaban J connectivity index is 2.11. The zero-order valence-corrected chi connectivity index (χ0v) is 11.2. The second kappa shape index (κ2) is 5.22. The lowest BCUT2D eigenvalue weighted by Crippen LogP contribution is -2.26. The minimum Gasteiger partial charge on any atom is -0.336 e. The zero-order valence-electron chi connectivity index (χ0n) is 11.2. The lowest BCUT2D eigenvalue weighted by Gasteiger charge is -2.15. The van der Waals surface area contributed by atoms with Gasteiger partial charge in [0.05, 0.1) is 0 Å². The van der Waals surface area contributed by atoms with Gasteiger partial charge in [0.2, 0.25) is 0 Å². The summed E-state index contributed by atoms with van der Waals surface area (Å²) in [6, 6.07) is 7.97. The van der Waals surface area contributed by atoms with Crippen molar-refractivity contribution in [1.82, 2.24) is 14.7 Å². The van der Waals surface area contributed by atoms with E-state index in [0.29, 0.717) is 12.2 Å². The smallest absolute Gasteiger partial charge is 0.274 e. The highest BCUT2D eigenvalue weighted by Crippen LogP contribution is 2.10. The lowest BCUT2D eigenvalue weighted by atomic mass is 10.2. The van der Waals surface area contributed by atoms with Crippen LogP contribution in [0.25, 0.3) is 0 Å². The van der Waals surface area contributed by atoms with Crippen molar-refractivity contribution >= 4 is 5.91 Å².